The van der Waals surface area contributed by atoms with Crippen LogP contribution in [0.2, 0.25) is 0 Å². The summed E-state index contributed by atoms with van der Waals surface area (Å²) in [6.45, 7) is 5.35. The quantitative estimate of drug-likeness (QED) is 0.421. The summed E-state index contributed by atoms with van der Waals surface area (Å²) in [6.07, 6.45) is 3.65. The average molecular weight is 462 g/mol. The molecule has 0 fully saturated rings. The molecule has 11 heteroatoms. The molecule has 10 nitrogen and oxygen atoms in total. The molecule has 1 aliphatic rings. The SMILES string of the molecule is Cc1ccc2c(c1)[C@@H](C)Oc1cc(cnc1N)-c1c(C#N)c(C)nn1S(=O)(=O)n1ccnc1-2. The van der Waals surface area contributed by atoms with E-state index in [4.69, 9.17) is 10.5 Å². The Morgan fingerprint density at radius 3 is 2.76 bits per heavy atom. The van der Waals surface area contributed by atoms with Gasteiger partial charge in [0.15, 0.2) is 17.4 Å². The number of fused-ring (bicyclic) bond motifs is 7. The first-order valence-electron chi connectivity index (χ1n) is 10.0. The van der Waals surface area contributed by atoms with Crippen LogP contribution in [0.25, 0.3) is 22.6 Å². The largest absolute Gasteiger partial charge is 0.482 e. The highest BCUT2D eigenvalue weighted by molar-refractivity contribution is 7.88. The van der Waals surface area contributed by atoms with Crippen molar-refractivity contribution in [3.8, 4) is 34.5 Å². The van der Waals surface area contributed by atoms with Gasteiger partial charge in [0.25, 0.3) is 0 Å². The van der Waals surface area contributed by atoms with E-state index in [0.717, 1.165) is 19.2 Å². The topological polar surface area (TPSA) is 142 Å². The van der Waals surface area contributed by atoms with Crippen molar-refractivity contribution in [1.29, 1.82) is 5.26 Å². The van der Waals surface area contributed by atoms with Crippen molar-refractivity contribution in [2.24, 2.45) is 0 Å². The molecule has 0 unspecified atom stereocenters. The third-order valence-electron chi connectivity index (χ3n) is 5.56. The lowest BCUT2D eigenvalue weighted by Gasteiger charge is -2.22. The molecule has 4 heterocycles. The fourth-order valence-corrected chi connectivity index (χ4v) is 5.36. The molecule has 0 spiro atoms. The Bertz CT molecular complexity index is 1580. The van der Waals surface area contributed by atoms with Gasteiger partial charge in [-0.3, -0.25) is 0 Å². The number of nitrogens with zero attached hydrogens (tertiary/aromatic N) is 6. The van der Waals surface area contributed by atoms with Gasteiger partial charge in [0.05, 0.1) is 5.69 Å². The number of ether oxygens (including phenoxy) is 1. The van der Waals surface area contributed by atoms with Crippen molar-refractivity contribution in [1.82, 2.24) is 23.1 Å². The Labute approximate surface area is 190 Å². The first kappa shape index (κ1) is 20.7. The maximum absolute atomic E-state index is 13.8. The third-order valence-corrected chi connectivity index (χ3v) is 7.06. The van der Waals surface area contributed by atoms with Crippen LogP contribution in [0, 0.1) is 25.2 Å². The molecule has 33 heavy (non-hydrogen) atoms. The second-order valence-electron chi connectivity index (χ2n) is 7.78. The Morgan fingerprint density at radius 1 is 1.21 bits per heavy atom. The maximum atomic E-state index is 13.8. The number of nitrogen functional groups attached to an aromatic ring is 1. The highest BCUT2D eigenvalue weighted by Gasteiger charge is 2.31. The van der Waals surface area contributed by atoms with E-state index < -0.39 is 16.3 Å². The van der Waals surface area contributed by atoms with E-state index in [1.165, 1.54) is 18.6 Å². The number of nitriles is 1. The Morgan fingerprint density at radius 2 is 2.00 bits per heavy atom. The second-order valence-corrected chi connectivity index (χ2v) is 9.41. The number of aryl methyl sites for hydroxylation is 2. The molecule has 3 aromatic heterocycles. The molecule has 5 rings (SSSR count). The lowest BCUT2D eigenvalue weighted by atomic mass is 10.00. The summed E-state index contributed by atoms with van der Waals surface area (Å²) in [6, 6.07) is 9.23. The zero-order valence-corrected chi connectivity index (χ0v) is 18.8. The van der Waals surface area contributed by atoms with Crippen LogP contribution < -0.4 is 10.5 Å². The highest BCUT2D eigenvalue weighted by atomic mass is 32.2. The van der Waals surface area contributed by atoms with Crippen molar-refractivity contribution in [2.75, 3.05) is 5.73 Å². The van der Waals surface area contributed by atoms with E-state index in [-0.39, 0.29) is 34.3 Å². The Hall–Kier alpha value is -4.17. The van der Waals surface area contributed by atoms with Crippen LogP contribution in [0.3, 0.4) is 0 Å². The van der Waals surface area contributed by atoms with Crippen LogP contribution in [-0.2, 0) is 10.2 Å². The molecule has 166 valence electrons. The number of hydrogen-bond donors (Lipinski definition) is 1. The summed E-state index contributed by atoms with van der Waals surface area (Å²) in [7, 11) is -4.30. The second kappa shape index (κ2) is 7.18. The van der Waals surface area contributed by atoms with Crippen LogP contribution in [0.1, 0.15) is 35.4 Å². The number of anilines is 1. The number of nitrogens with two attached hydrogens (primary N) is 1. The minimum atomic E-state index is -4.30. The molecule has 4 aromatic rings. The molecular formula is C22H19N7O3S. The van der Waals surface area contributed by atoms with Gasteiger partial charge in [0.2, 0.25) is 0 Å². The van der Waals surface area contributed by atoms with Gasteiger partial charge >= 0.3 is 10.2 Å². The summed E-state index contributed by atoms with van der Waals surface area (Å²) < 4.78 is 35.7. The zero-order chi connectivity index (χ0) is 23.5. The number of aromatic nitrogens is 5. The van der Waals surface area contributed by atoms with E-state index in [0.29, 0.717) is 11.1 Å². The molecule has 1 atom stereocenters. The molecule has 1 aliphatic heterocycles. The van der Waals surface area contributed by atoms with Gasteiger partial charge in [-0.25, -0.2) is 13.9 Å². The molecule has 2 N–H and O–H groups in total. The minimum Gasteiger partial charge on any atom is -0.482 e. The maximum Gasteiger partial charge on any atom is 0.351 e. The first-order chi connectivity index (χ1) is 15.7. The van der Waals surface area contributed by atoms with Crippen LogP contribution in [0.5, 0.6) is 5.75 Å². The van der Waals surface area contributed by atoms with E-state index in [1.54, 1.807) is 19.1 Å². The van der Waals surface area contributed by atoms with Gasteiger partial charge in [0, 0.05) is 35.3 Å². The highest BCUT2D eigenvalue weighted by Crippen LogP contribution is 2.37. The predicted molar refractivity (Wildman–Crippen MR) is 120 cm³/mol. The standard InChI is InChI=1S/C22H19N7O3S/c1-12-4-5-16-17(8-12)14(3)32-19-9-15(11-26-21(19)24)20-18(10-23)13(2)27-29(20)33(30,31)28-7-6-25-22(16)28/h4-9,11,14H,1-3H3,(H2,24,26)/t14-/m1/s1. The van der Waals surface area contributed by atoms with Crippen molar-refractivity contribution in [3.63, 3.8) is 0 Å². The molecule has 0 amide bonds. The Kier molecular flexibility index (Phi) is 4.51. The van der Waals surface area contributed by atoms with Gasteiger partial charge in [0.1, 0.15) is 23.4 Å². The normalized spacial score (nSPS) is 16.2. The van der Waals surface area contributed by atoms with E-state index in [9.17, 15) is 13.7 Å². The van der Waals surface area contributed by atoms with Gasteiger partial charge in [-0.05, 0) is 26.8 Å². The minimum absolute atomic E-state index is 0.0735. The van der Waals surface area contributed by atoms with Crippen LogP contribution in [0.4, 0.5) is 5.82 Å². The molecule has 0 saturated carbocycles. The van der Waals surface area contributed by atoms with Crippen LogP contribution in [0.15, 0.2) is 42.9 Å². The van der Waals surface area contributed by atoms with Gasteiger partial charge < -0.3 is 10.5 Å². The average Bonchev–Trinajstić information content (AvgIpc) is 3.40. The van der Waals surface area contributed by atoms with Gasteiger partial charge in [-0.2, -0.15) is 18.8 Å². The number of hydrogen-bond acceptors (Lipinski definition) is 8. The molecule has 0 saturated heterocycles. The van der Waals surface area contributed by atoms with Crippen LogP contribution in [-0.4, -0.2) is 31.5 Å². The lowest BCUT2D eigenvalue weighted by molar-refractivity contribution is 0.228. The fourth-order valence-electron chi connectivity index (χ4n) is 3.96. The molecular weight excluding hydrogens is 442 g/mol. The fraction of sp³-hybridized carbons (Fsp3) is 0.182. The van der Waals surface area contributed by atoms with Crippen molar-refractivity contribution in [2.45, 2.75) is 26.9 Å². The third kappa shape index (κ3) is 3.07. The van der Waals surface area contributed by atoms with Crippen molar-refractivity contribution >= 4 is 16.0 Å². The Balaban J connectivity index is 1.94. The van der Waals surface area contributed by atoms with E-state index in [2.05, 4.69) is 21.1 Å². The van der Waals surface area contributed by atoms with Gasteiger partial charge in [-0.15, -0.1) is 4.09 Å². The summed E-state index contributed by atoms with van der Waals surface area (Å²) >= 11 is 0. The summed E-state index contributed by atoms with van der Waals surface area (Å²) in [4.78, 5) is 8.53. The molecule has 1 aromatic carbocycles. The number of imidazole rings is 1. The van der Waals surface area contributed by atoms with E-state index in [1.807, 2.05) is 26.0 Å². The zero-order valence-electron chi connectivity index (χ0n) is 18.0. The van der Waals surface area contributed by atoms with E-state index >= 15 is 0 Å². The number of benzene rings is 1. The predicted octanol–water partition coefficient (Wildman–Crippen LogP) is 2.97. The monoisotopic (exact) mass is 461 g/mol. The number of pyridine rings is 1. The summed E-state index contributed by atoms with van der Waals surface area (Å²) in [5.74, 6) is 0.610. The lowest BCUT2D eigenvalue weighted by Crippen LogP contribution is -2.24. The first-order valence-corrected chi connectivity index (χ1v) is 11.4. The smallest absolute Gasteiger partial charge is 0.351 e. The van der Waals surface area contributed by atoms with Crippen LogP contribution >= 0.6 is 0 Å². The molecule has 2 bridgehead atoms. The van der Waals surface area contributed by atoms with Crippen molar-refractivity contribution in [3.05, 3.63) is 65.2 Å². The van der Waals surface area contributed by atoms with Crippen molar-refractivity contribution < 1.29 is 13.2 Å². The van der Waals surface area contributed by atoms with Gasteiger partial charge in [-0.1, -0.05) is 23.8 Å². The molecule has 0 radical (unpaired) electrons. The molecule has 0 aliphatic carbocycles. The number of rotatable bonds is 0. The summed E-state index contributed by atoms with van der Waals surface area (Å²) in [5.41, 5.74) is 9.14. The summed E-state index contributed by atoms with van der Waals surface area (Å²) in [5, 5.41) is 14.0.